The van der Waals surface area contributed by atoms with Gasteiger partial charge in [-0.3, -0.25) is 0 Å². The molecule has 2 rings (SSSR count). The number of hydrogen-bond donors (Lipinski definition) is 1. The van der Waals surface area contributed by atoms with Crippen LogP contribution in [0.2, 0.25) is 5.02 Å². The van der Waals surface area contributed by atoms with E-state index >= 15 is 0 Å². The van der Waals surface area contributed by atoms with Crippen LogP contribution >= 0.6 is 11.6 Å². The van der Waals surface area contributed by atoms with Gasteiger partial charge in [-0.05, 0) is 12.1 Å². The van der Waals surface area contributed by atoms with Crippen LogP contribution < -0.4 is 5.73 Å². The fraction of sp³-hybridized carbons (Fsp3) is 0. The number of aromatic nitrogens is 1. The largest absolute Gasteiger partial charge is 0.384 e. The molecule has 0 unspecified atom stereocenters. The molecule has 0 spiro atoms. The molecule has 2 aromatic rings. The molecule has 0 saturated carbocycles. The molecule has 0 saturated heterocycles. The first kappa shape index (κ1) is 7.37. The maximum atomic E-state index is 5.94. The minimum absolute atomic E-state index is 0.457. The smallest absolute Gasteiger partial charge is 0.125 e. The van der Waals surface area contributed by atoms with Crippen LogP contribution in [0.25, 0.3) is 10.9 Å². The summed E-state index contributed by atoms with van der Waals surface area (Å²) in [6.07, 6.45) is 0. The highest BCUT2D eigenvalue weighted by Crippen LogP contribution is 2.23. The van der Waals surface area contributed by atoms with E-state index in [0.29, 0.717) is 10.8 Å². The summed E-state index contributed by atoms with van der Waals surface area (Å²) >= 11 is 5.94. The van der Waals surface area contributed by atoms with E-state index in [-0.39, 0.29) is 0 Å². The van der Waals surface area contributed by atoms with Gasteiger partial charge in [0, 0.05) is 5.39 Å². The van der Waals surface area contributed by atoms with Gasteiger partial charge in [-0.25, -0.2) is 4.98 Å². The first-order valence-electron chi connectivity index (χ1n) is 3.58. The van der Waals surface area contributed by atoms with Gasteiger partial charge < -0.3 is 5.73 Å². The highest BCUT2D eigenvalue weighted by Gasteiger charge is 1.99. The Morgan fingerprint density at radius 3 is 2.83 bits per heavy atom. The standard InChI is InChI=1S/C9H7ClN2/c10-7-5-9(11)12-8-4-2-1-3-6(7)8/h1-5H,(H2,11,12). The Kier molecular flexibility index (Phi) is 1.62. The Hall–Kier alpha value is -1.28. The molecule has 0 amide bonds. The maximum absolute atomic E-state index is 5.94. The van der Waals surface area contributed by atoms with E-state index in [1.165, 1.54) is 0 Å². The number of nitrogens with zero attached hydrogens (tertiary/aromatic N) is 1. The Morgan fingerprint density at radius 2 is 2.00 bits per heavy atom. The predicted molar refractivity (Wildman–Crippen MR) is 51.2 cm³/mol. The zero-order chi connectivity index (χ0) is 8.55. The Bertz CT molecular complexity index is 426. The number of nitrogens with two attached hydrogens (primary N) is 1. The van der Waals surface area contributed by atoms with Crippen LogP contribution in [0.15, 0.2) is 30.3 Å². The lowest BCUT2D eigenvalue weighted by atomic mass is 10.2. The number of nitrogen functional groups attached to an aromatic ring is 1. The molecule has 0 fully saturated rings. The fourth-order valence-corrected chi connectivity index (χ4v) is 1.42. The zero-order valence-electron chi connectivity index (χ0n) is 6.29. The van der Waals surface area contributed by atoms with E-state index in [4.69, 9.17) is 17.3 Å². The van der Waals surface area contributed by atoms with Crippen LogP contribution in [-0.4, -0.2) is 4.98 Å². The molecule has 0 aliphatic heterocycles. The SMILES string of the molecule is Nc1cc(Cl)c2ccccc2n1. The number of pyridine rings is 1. The topological polar surface area (TPSA) is 38.9 Å². The number of para-hydroxylation sites is 1. The number of benzene rings is 1. The average molecular weight is 179 g/mol. The molecule has 0 radical (unpaired) electrons. The van der Waals surface area contributed by atoms with Crippen molar-refractivity contribution >= 4 is 28.3 Å². The van der Waals surface area contributed by atoms with Gasteiger partial charge in [0.2, 0.25) is 0 Å². The van der Waals surface area contributed by atoms with Gasteiger partial charge in [-0.2, -0.15) is 0 Å². The average Bonchev–Trinajstić information content (AvgIpc) is 2.04. The van der Waals surface area contributed by atoms with Crippen molar-refractivity contribution in [3.63, 3.8) is 0 Å². The van der Waals surface area contributed by atoms with Gasteiger partial charge in [-0.1, -0.05) is 29.8 Å². The van der Waals surface area contributed by atoms with Crippen LogP contribution in [-0.2, 0) is 0 Å². The number of anilines is 1. The molecule has 12 heavy (non-hydrogen) atoms. The summed E-state index contributed by atoms with van der Waals surface area (Å²) in [6, 6.07) is 9.29. The summed E-state index contributed by atoms with van der Waals surface area (Å²) in [6.45, 7) is 0. The second-order valence-corrected chi connectivity index (χ2v) is 2.95. The van der Waals surface area contributed by atoms with E-state index < -0.39 is 0 Å². The van der Waals surface area contributed by atoms with Crippen LogP contribution in [0.5, 0.6) is 0 Å². The van der Waals surface area contributed by atoms with Gasteiger partial charge in [0.1, 0.15) is 5.82 Å². The minimum atomic E-state index is 0.457. The fourth-order valence-electron chi connectivity index (χ4n) is 1.15. The molecule has 0 bridgehead atoms. The minimum Gasteiger partial charge on any atom is -0.384 e. The molecule has 1 heterocycles. The molecule has 3 heteroatoms. The van der Waals surface area contributed by atoms with E-state index in [2.05, 4.69) is 4.98 Å². The van der Waals surface area contributed by atoms with Crippen LogP contribution in [0.1, 0.15) is 0 Å². The lowest BCUT2D eigenvalue weighted by molar-refractivity contribution is 1.42. The monoisotopic (exact) mass is 178 g/mol. The summed E-state index contributed by atoms with van der Waals surface area (Å²) in [7, 11) is 0. The number of fused-ring (bicyclic) bond motifs is 1. The Balaban J connectivity index is 2.89. The van der Waals surface area contributed by atoms with Crippen LogP contribution in [0.4, 0.5) is 5.82 Å². The highest BCUT2D eigenvalue weighted by atomic mass is 35.5. The van der Waals surface area contributed by atoms with Crippen LogP contribution in [0, 0.1) is 0 Å². The maximum Gasteiger partial charge on any atom is 0.125 e. The lowest BCUT2D eigenvalue weighted by Crippen LogP contribution is -1.90. The predicted octanol–water partition coefficient (Wildman–Crippen LogP) is 2.47. The van der Waals surface area contributed by atoms with Crippen molar-refractivity contribution in [1.82, 2.24) is 4.98 Å². The Morgan fingerprint density at radius 1 is 1.25 bits per heavy atom. The molecule has 60 valence electrons. The highest BCUT2D eigenvalue weighted by molar-refractivity contribution is 6.35. The van der Waals surface area contributed by atoms with Crippen molar-refractivity contribution < 1.29 is 0 Å². The van der Waals surface area contributed by atoms with Crippen molar-refractivity contribution in [2.75, 3.05) is 5.73 Å². The van der Waals surface area contributed by atoms with Gasteiger partial charge in [0.05, 0.1) is 10.5 Å². The van der Waals surface area contributed by atoms with E-state index in [1.807, 2.05) is 24.3 Å². The quantitative estimate of drug-likeness (QED) is 0.673. The van der Waals surface area contributed by atoms with Gasteiger partial charge >= 0.3 is 0 Å². The summed E-state index contributed by atoms with van der Waals surface area (Å²) < 4.78 is 0. The first-order chi connectivity index (χ1) is 5.77. The molecule has 0 atom stereocenters. The second kappa shape index (κ2) is 2.64. The van der Waals surface area contributed by atoms with Gasteiger partial charge in [0.25, 0.3) is 0 Å². The molecule has 1 aromatic heterocycles. The summed E-state index contributed by atoms with van der Waals surface area (Å²) in [5.74, 6) is 0.457. The zero-order valence-corrected chi connectivity index (χ0v) is 7.05. The number of rotatable bonds is 0. The second-order valence-electron chi connectivity index (χ2n) is 2.55. The van der Waals surface area contributed by atoms with Crippen molar-refractivity contribution in [1.29, 1.82) is 0 Å². The summed E-state index contributed by atoms with van der Waals surface area (Å²) in [5, 5.41) is 1.59. The molecule has 0 aliphatic rings. The third-order valence-electron chi connectivity index (χ3n) is 1.69. The third-order valence-corrected chi connectivity index (χ3v) is 2.00. The molecule has 2 N–H and O–H groups in total. The van der Waals surface area contributed by atoms with E-state index in [0.717, 1.165) is 10.9 Å². The van der Waals surface area contributed by atoms with Gasteiger partial charge in [-0.15, -0.1) is 0 Å². The van der Waals surface area contributed by atoms with Crippen molar-refractivity contribution in [2.24, 2.45) is 0 Å². The van der Waals surface area contributed by atoms with Crippen molar-refractivity contribution in [3.05, 3.63) is 35.4 Å². The number of halogens is 1. The molecule has 1 aromatic carbocycles. The summed E-state index contributed by atoms with van der Waals surface area (Å²) in [4.78, 5) is 4.13. The number of hydrogen-bond acceptors (Lipinski definition) is 2. The van der Waals surface area contributed by atoms with Crippen molar-refractivity contribution in [3.8, 4) is 0 Å². The van der Waals surface area contributed by atoms with E-state index in [1.54, 1.807) is 6.07 Å². The molecule has 2 nitrogen and oxygen atoms in total. The molecule has 0 aliphatic carbocycles. The van der Waals surface area contributed by atoms with E-state index in [9.17, 15) is 0 Å². The lowest BCUT2D eigenvalue weighted by Gasteiger charge is -1.99. The first-order valence-corrected chi connectivity index (χ1v) is 3.96. The Labute approximate surface area is 75.0 Å². The normalized spacial score (nSPS) is 10.4. The summed E-state index contributed by atoms with van der Waals surface area (Å²) in [5.41, 5.74) is 6.36. The van der Waals surface area contributed by atoms with Crippen molar-refractivity contribution in [2.45, 2.75) is 0 Å². The molecular formula is C9H7ClN2. The third kappa shape index (κ3) is 1.10. The van der Waals surface area contributed by atoms with Crippen LogP contribution in [0.3, 0.4) is 0 Å². The van der Waals surface area contributed by atoms with Gasteiger partial charge in [0.15, 0.2) is 0 Å². The molecular weight excluding hydrogens is 172 g/mol.